The second kappa shape index (κ2) is 12.9. The maximum atomic E-state index is 11.5. The summed E-state index contributed by atoms with van der Waals surface area (Å²) >= 11 is 0. The molecule has 0 amide bonds. The molecule has 24 heavy (non-hydrogen) atoms. The van der Waals surface area contributed by atoms with Crippen molar-refractivity contribution >= 4 is 5.97 Å². The van der Waals surface area contributed by atoms with Crippen LogP contribution in [0.25, 0.3) is 0 Å². The molecule has 0 fully saturated rings. The summed E-state index contributed by atoms with van der Waals surface area (Å²) in [5, 5.41) is 9.43. The van der Waals surface area contributed by atoms with E-state index in [4.69, 9.17) is 4.74 Å². The Hall–Kier alpha value is -1.51. The van der Waals surface area contributed by atoms with Gasteiger partial charge in [-0.1, -0.05) is 83.4 Å². The summed E-state index contributed by atoms with van der Waals surface area (Å²) < 4.78 is 5.82. The largest absolute Gasteiger partial charge is 0.479 e. The number of hydrogen-bond acceptors (Lipinski definition) is 2. The summed E-state index contributed by atoms with van der Waals surface area (Å²) in [6.45, 7) is 4.34. The third-order valence-electron chi connectivity index (χ3n) is 4.36. The van der Waals surface area contributed by atoms with Crippen molar-refractivity contribution in [2.75, 3.05) is 0 Å². The Labute approximate surface area is 147 Å². The van der Waals surface area contributed by atoms with Crippen molar-refractivity contribution in [1.82, 2.24) is 0 Å². The van der Waals surface area contributed by atoms with Gasteiger partial charge in [0.25, 0.3) is 0 Å². The molecule has 0 aromatic heterocycles. The molecule has 0 radical (unpaired) electrons. The number of carboxylic acid groups (broad SMARTS) is 1. The molecule has 0 spiro atoms. The first-order valence-electron chi connectivity index (χ1n) is 9.66. The van der Waals surface area contributed by atoms with Crippen LogP contribution in [0.15, 0.2) is 24.3 Å². The Kier molecular flexibility index (Phi) is 11.0. The van der Waals surface area contributed by atoms with Gasteiger partial charge >= 0.3 is 5.97 Å². The zero-order valence-electron chi connectivity index (χ0n) is 15.4. The minimum absolute atomic E-state index is 0.588. The molecule has 0 aliphatic carbocycles. The van der Waals surface area contributed by atoms with Crippen LogP contribution >= 0.6 is 0 Å². The van der Waals surface area contributed by atoms with Crippen LogP contribution in [0.5, 0.6) is 5.75 Å². The number of hydrogen-bond donors (Lipinski definition) is 1. The molecule has 0 aliphatic heterocycles. The van der Waals surface area contributed by atoms with Gasteiger partial charge in [0.05, 0.1) is 0 Å². The molecule has 0 saturated carbocycles. The smallest absolute Gasteiger partial charge is 0.344 e. The summed E-state index contributed by atoms with van der Waals surface area (Å²) in [4.78, 5) is 11.5. The summed E-state index contributed by atoms with van der Waals surface area (Å²) in [6.07, 6.45) is 11.5. The van der Waals surface area contributed by atoms with Gasteiger partial charge in [-0.2, -0.15) is 0 Å². The number of carbonyl (C=O) groups is 1. The lowest BCUT2D eigenvalue weighted by Crippen LogP contribution is -2.27. The van der Waals surface area contributed by atoms with E-state index in [-0.39, 0.29) is 0 Å². The van der Waals surface area contributed by atoms with Gasteiger partial charge in [0.2, 0.25) is 0 Å². The molecule has 0 heterocycles. The van der Waals surface area contributed by atoms with E-state index in [1.165, 1.54) is 38.5 Å². The van der Waals surface area contributed by atoms with Gasteiger partial charge < -0.3 is 9.84 Å². The lowest BCUT2D eigenvalue weighted by Gasteiger charge is -2.17. The molecule has 3 nitrogen and oxygen atoms in total. The molecular weight excluding hydrogens is 300 g/mol. The molecule has 0 unspecified atom stereocenters. The summed E-state index contributed by atoms with van der Waals surface area (Å²) in [5.41, 5.74) is 1.10. The highest BCUT2D eigenvalue weighted by Gasteiger charge is 2.20. The fourth-order valence-corrected chi connectivity index (χ4v) is 2.94. The number of aliphatic carboxylic acids is 1. The van der Waals surface area contributed by atoms with E-state index < -0.39 is 12.1 Å². The normalized spacial score (nSPS) is 12.1. The molecule has 1 aromatic rings. The van der Waals surface area contributed by atoms with Gasteiger partial charge in [0.1, 0.15) is 5.75 Å². The number of rotatable bonds is 14. The average Bonchev–Trinajstić information content (AvgIpc) is 2.57. The van der Waals surface area contributed by atoms with Crippen molar-refractivity contribution in [2.45, 2.75) is 90.6 Å². The van der Waals surface area contributed by atoms with Crippen molar-refractivity contribution in [1.29, 1.82) is 0 Å². The molecule has 1 rings (SSSR count). The minimum atomic E-state index is -0.857. The van der Waals surface area contributed by atoms with E-state index in [1.54, 1.807) is 0 Å². The fourth-order valence-electron chi connectivity index (χ4n) is 2.94. The third-order valence-corrected chi connectivity index (χ3v) is 4.36. The van der Waals surface area contributed by atoms with E-state index in [0.29, 0.717) is 6.42 Å². The number of para-hydroxylation sites is 1. The predicted molar refractivity (Wildman–Crippen MR) is 99.7 cm³/mol. The van der Waals surface area contributed by atoms with E-state index in [9.17, 15) is 9.90 Å². The maximum absolute atomic E-state index is 11.5. The first-order valence-corrected chi connectivity index (χ1v) is 9.66. The Bertz CT molecular complexity index is 456. The highest BCUT2D eigenvalue weighted by Crippen LogP contribution is 2.22. The van der Waals surface area contributed by atoms with Crippen molar-refractivity contribution in [3.8, 4) is 5.75 Å². The SMILES string of the molecule is CCCCCCCCCC[C@H](Oc1ccccc1CCC)C(=O)O. The topological polar surface area (TPSA) is 46.5 Å². The molecule has 136 valence electrons. The summed E-state index contributed by atoms with van der Waals surface area (Å²) in [6, 6.07) is 7.79. The number of unbranched alkanes of at least 4 members (excludes halogenated alkanes) is 7. The number of aryl methyl sites for hydroxylation is 1. The first kappa shape index (κ1) is 20.5. The first-order chi connectivity index (χ1) is 11.7. The van der Waals surface area contributed by atoms with Crippen LogP contribution in [0.4, 0.5) is 0 Å². The maximum Gasteiger partial charge on any atom is 0.344 e. The van der Waals surface area contributed by atoms with Crippen molar-refractivity contribution in [3.05, 3.63) is 29.8 Å². The highest BCUT2D eigenvalue weighted by molar-refractivity contribution is 5.72. The molecule has 1 aromatic carbocycles. The van der Waals surface area contributed by atoms with Gasteiger partial charge in [-0.05, 0) is 30.9 Å². The summed E-state index contributed by atoms with van der Waals surface area (Å²) in [7, 11) is 0. The zero-order valence-corrected chi connectivity index (χ0v) is 15.4. The van der Waals surface area contributed by atoms with Crippen molar-refractivity contribution in [2.24, 2.45) is 0 Å². The van der Waals surface area contributed by atoms with E-state index >= 15 is 0 Å². The molecule has 0 aliphatic rings. The Balaban J connectivity index is 2.36. The van der Waals surface area contributed by atoms with Crippen molar-refractivity contribution in [3.63, 3.8) is 0 Å². The van der Waals surface area contributed by atoms with Crippen molar-refractivity contribution < 1.29 is 14.6 Å². The van der Waals surface area contributed by atoms with Crippen LogP contribution < -0.4 is 4.74 Å². The van der Waals surface area contributed by atoms with Crippen LogP contribution in [-0.4, -0.2) is 17.2 Å². The second-order valence-corrected chi connectivity index (χ2v) is 6.57. The monoisotopic (exact) mass is 334 g/mol. The zero-order chi connectivity index (χ0) is 17.6. The third kappa shape index (κ3) is 8.37. The second-order valence-electron chi connectivity index (χ2n) is 6.57. The Morgan fingerprint density at radius 2 is 1.58 bits per heavy atom. The average molecular weight is 335 g/mol. The van der Waals surface area contributed by atoms with Crippen LogP contribution in [-0.2, 0) is 11.2 Å². The molecule has 3 heteroatoms. The number of carboxylic acids is 1. The molecule has 1 N–H and O–H groups in total. The molecule has 1 atom stereocenters. The summed E-state index contributed by atoms with van der Waals surface area (Å²) in [5.74, 6) is -0.129. The predicted octanol–water partition coefficient (Wildman–Crippen LogP) is 6.00. The number of benzene rings is 1. The van der Waals surface area contributed by atoms with E-state index in [2.05, 4.69) is 13.8 Å². The minimum Gasteiger partial charge on any atom is -0.479 e. The van der Waals surface area contributed by atoms with Crippen LogP contribution in [0.1, 0.15) is 83.6 Å². The number of ether oxygens (including phenoxy) is 1. The molecule has 0 bridgehead atoms. The Morgan fingerprint density at radius 1 is 0.958 bits per heavy atom. The highest BCUT2D eigenvalue weighted by atomic mass is 16.5. The fraction of sp³-hybridized carbons (Fsp3) is 0.667. The van der Waals surface area contributed by atoms with Gasteiger partial charge in [0.15, 0.2) is 6.10 Å². The van der Waals surface area contributed by atoms with E-state index in [1.807, 2.05) is 24.3 Å². The van der Waals surface area contributed by atoms with Crippen LogP contribution in [0, 0.1) is 0 Å². The quantitative estimate of drug-likeness (QED) is 0.424. The van der Waals surface area contributed by atoms with Gasteiger partial charge in [0, 0.05) is 0 Å². The van der Waals surface area contributed by atoms with Crippen LogP contribution in [0.3, 0.4) is 0 Å². The Morgan fingerprint density at radius 3 is 2.21 bits per heavy atom. The van der Waals surface area contributed by atoms with Gasteiger partial charge in [-0.3, -0.25) is 0 Å². The van der Waals surface area contributed by atoms with Gasteiger partial charge in [-0.15, -0.1) is 0 Å². The lowest BCUT2D eigenvalue weighted by molar-refractivity contribution is -0.145. The van der Waals surface area contributed by atoms with Crippen LogP contribution in [0.2, 0.25) is 0 Å². The molecule has 0 saturated heterocycles. The molecular formula is C21H34O3. The standard InChI is InChI=1S/C21H34O3/c1-3-5-6-7-8-9-10-11-17-20(21(22)23)24-19-16-13-12-15-18(19)14-4-2/h12-13,15-16,20H,3-11,14,17H2,1-2H3,(H,22,23)/t20-/m0/s1. The lowest BCUT2D eigenvalue weighted by atomic mass is 10.1. The van der Waals surface area contributed by atoms with E-state index in [0.717, 1.165) is 37.0 Å². The van der Waals surface area contributed by atoms with Gasteiger partial charge in [-0.25, -0.2) is 4.79 Å².